The van der Waals surface area contributed by atoms with Crippen LogP contribution in [0.25, 0.3) is 0 Å². The minimum atomic E-state index is 0.304. The minimum Gasteiger partial charge on any atom is -0.330 e. The van der Waals surface area contributed by atoms with Crippen LogP contribution in [-0.4, -0.2) is 31.1 Å². The smallest absolute Gasteiger partial charge is 0.0160 e. The van der Waals surface area contributed by atoms with E-state index in [4.69, 9.17) is 5.73 Å². The summed E-state index contributed by atoms with van der Waals surface area (Å²) in [4.78, 5) is 2.47. The number of hydrogen-bond acceptors (Lipinski definition) is 2. The Kier molecular flexibility index (Phi) is 7.71. The Morgan fingerprint density at radius 1 is 1.27 bits per heavy atom. The second-order valence-electron chi connectivity index (χ2n) is 4.44. The molecule has 0 aliphatic heterocycles. The number of rotatable bonds is 9. The molecule has 2 heteroatoms. The predicted octanol–water partition coefficient (Wildman–Crippen LogP) is 2.65. The van der Waals surface area contributed by atoms with Gasteiger partial charge >= 0.3 is 0 Å². The summed E-state index contributed by atoms with van der Waals surface area (Å²) in [7, 11) is 0. The molecule has 0 saturated heterocycles. The quantitative estimate of drug-likeness (QED) is 0.595. The van der Waals surface area contributed by atoms with Crippen molar-refractivity contribution in [1.29, 1.82) is 0 Å². The highest BCUT2D eigenvalue weighted by molar-refractivity contribution is 4.84. The lowest BCUT2D eigenvalue weighted by atomic mass is 9.82. The van der Waals surface area contributed by atoms with E-state index in [1.54, 1.807) is 0 Å². The van der Waals surface area contributed by atoms with Gasteiger partial charge in [-0.1, -0.05) is 26.8 Å². The lowest BCUT2D eigenvalue weighted by Gasteiger charge is -2.36. The van der Waals surface area contributed by atoms with Gasteiger partial charge in [0.05, 0.1) is 0 Å². The second kappa shape index (κ2) is 7.89. The van der Waals surface area contributed by atoms with Crippen LogP contribution < -0.4 is 5.73 Å². The lowest BCUT2D eigenvalue weighted by molar-refractivity contribution is 0.154. The van der Waals surface area contributed by atoms with Gasteiger partial charge in [0.2, 0.25) is 0 Å². The second-order valence-corrected chi connectivity index (χ2v) is 4.44. The van der Waals surface area contributed by atoms with Gasteiger partial charge in [-0.2, -0.15) is 0 Å². The van der Waals surface area contributed by atoms with Crippen LogP contribution in [0.5, 0.6) is 0 Å². The first-order valence-corrected chi connectivity index (χ1v) is 6.21. The Labute approximate surface area is 95.5 Å². The normalized spacial score (nSPS) is 12.1. The fourth-order valence-electron chi connectivity index (χ4n) is 2.03. The Hall–Kier alpha value is -0.340. The average molecular weight is 212 g/mol. The van der Waals surface area contributed by atoms with Crippen LogP contribution in [0.2, 0.25) is 0 Å². The van der Waals surface area contributed by atoms with E-state index in [9.17, 15) is 0 Å². The molecule has 0 heterocycles. The molecule has 0 spiro atoms. The van der Waals surface area contributed by atoms with Crippen molar-refractivity contribution in [3.05, 3.63) is 12.7 Å². The van der Waals surface area contributed by atoms with E-state index in [-0.39, 0.29) is 0 Å². The summed E-state index contributed by atoms with van der Waals surface area (Å²) >= 11 is 0. The molecule has 0 rings (SSSR count). The van der Waals surface area contributed by atoms with Crippen LogP contribution in [0.1, 0.15) is 40.0 Å². The van der Waals surface area contributed by atoms with Crippen molar-refractivity contribution in [3.8, 4) is 0 Å². The predicted molar refractivity (Wildman–Crippen MR) is 69.0 cm³/mol. The molecule has 0 aliphatic rings. The third-order valence-electron chi connectivity index (χ3n) is 3.42. The molecule has 0 atom stereocenters. The lowest BCUT2D eigenvalue weighted by Crippen LogP contribution is -2.42. The van der Waals surface area contributed by atoms with E-state index < -0.39 is 0 Å². The summed E-state index contributed by atoms with van der Waals surface area (Å²) in [6.07, 6.45) is 5.51. The third kappa shape index (κ3) is 4.80. The molecule has 0 unspecified atom stereocenters. The van der Waals surface area contributed by atoms with E-state index in [1.165, 1.54) is 6.42 Å². The van der Waals surface area contributed by atoms with Crippen LogP contribution in [0, 0.1) is 5.41 Å². The van der Waals surface area contributed by atoms with Crippen molar-refractivity contribution in [1.82, 2.24) is 4.90 Å². The van der Waals surface area contributed by atoms with Gasteiger partial charge in [-0.15, -0.1) is 6.58 Å². The summed E-state index contributed by atoms with van der Waals surface area (Å²) in [6.45, 7) is 14.6. The van der Waals surface area contributed by atoms with Gasteiger partial charge in [0.1, 0.15) is 0 Å². The van der Waals surface area contributed by atoms with Crippen LogP contribution in [0.15, 0.2) is 12.7 Å². The zero-order valence-corrected chi connectivity index (χ0v) is 10.8. The Balaban J connectivity index is 4.37. The molecule has 0 bridgehead atoms. The van der Waals surface area contributed by atoms with Crippen molar-refractivity contribution in [2.75, 3.05) is 26.2 Å². The van der Waals surface area contributed by atoms with E-state index in [2.05, 4.69) is 32.3 Å². The van der Waals surface area contributed by atoms with Gasteiger partial charge in [0.25, 0.3) is 0 Å². The highest BCUT2D eigenvalue weighted by Gasteiger charge is 2.26. The Morgan fingerprint density at radius 2 is 1.87 bits per heavy atom. The highest BCUT2D eigenvalue weighted by Crippen LogP contribution is 2.26. The molecule has 0 aromatic heterocycles. The number of nitrogens with zero attached hydrogens (tertiary/aromatic N) is 1. The fraction of sp³-hybridized carbons (Fsp3) is 0.846. The molecule has 0 amide bonds. The van der Waals surface area contributed by atoms with Crippen molar-refractivity contribution >= 4 is 0 Å². The van der Waals surface area contributed by atoms with E-state index in [1.807, 2.05) is 6.08 Å². The molecule has 0 aromatic carbocycles. The maximum absolute atomic E-state index is 5.92. The number of hydrogen-bond donors (Lipinski definition) is 1. The molecule has 0 saturated carbocycles. The minimum absolute atomic E-state index is 0.304. The zero-order valence-electron chi connectivity index (χ0n) is 10.8. The van der Waals surface area contributed by atoms with Gasteiger partial charge < -0.3 is 5.73 Å². The van der Waals surface area contributed by atoms with E-state index in [0.29, 0.717) is 5.41 Å². The molecular formula is C13H28N2. The van der Waals surface area contributed by atoms with Crippen LogP contribution in [-0.2, 0) is 0 Å². The molecule has 0 aromatic rings. The topological polar surface area (TPSA) is 29.3 Å². The van der Waals surface area contributed by atoms with Crippen molar-refractivity contribution in [2.45, 2.75) is 40.0 Å². The molecule has 0 radical (unpaired) electrons. The van der Waals surface area contributed by atoms with Crippen molar-refractivity contribution in [2.24, 2.45) is 11.1 Å². The van der Waals surface area contributed by atoms with E-state index in [0.717, 1.165) is 39.0 Å². The summed E-state index contributed by atoms with van der Waals surface area (Å²) in [6, 6.07) is 0. The fourth-order valence-corrected chi connectivity index (χ4v) is 2.03. The average Bonchev–Trinajstić information content (AvgIpc) is 2.27. The number of nitrogens with two attached hydrogens (primary N) is 1. The largest absolute Gasteiger partial charge is 0.330 e. The first-order chi connectivity index (χ1) is 7.17. The summed E-state index contributed by atoms with van der Waals surface area (Å²) in [5.74, 6) is 0. The van der Waals surface area contributed by atoms with Gasteiger partial charge in [-0.3, -0.25) is 4.90 Å². The van der Waals surface area contributed by atoms with Crippen LogP contribution in [0.3, 0.4) is 0 Å². The molecule has 0 fully saturated rings. The maximum Gasteiger partial charge on any atom is 0.0160 e. The van der Waals surface area contributed by atoms with Gasteiger partial charge in [-0.25, -0.2) is 0 Å². The first-order valence-electron chi connectivity index (χ1n) is 6.21. The molecule has 15 heavy (non-hydrogen) atoms. The Morgan fingerprint density at radius 3 is 2.20 bits per heavy atom. The monoisotopic (exact) mass is 212 g/mol. The molecule has 2 nitrogen and oxygen atoms in total. The summed E-state index contributed by atoms with van der Waals surface area (Å²) in [5.41, 5.74) is 6.22. The molecule has 0 aliphatic carbocycles. The zero-order chi connectivity index (χ0) is 11.7. The van der Waals surface area contributed by atoms with Crippen molar-refractivity contribution in [3.63, 3.8) is 0 Å². The van der Waals surface area contributed by atoms with Gasteiger partial charge in [0.15, 0.2) is 0 Å². The molecular weight excluding hydrogens is 184 g/mol. The highest BCUT2D eigenvalue weighted by atomic mass is 15.1. The maximum atomic E-state index is 5.92. The van der Waals surface area contributed by atoms with Crippen LogP contribution in [0.4, 0.5) is 0 Å². The summed E-state index contributed by atoms with van der Waals surface area (Å²) in [5, 5.41) is 0. The standard InChI is InChI=1S/C13H28N2/c1-5-9-15(10-6-2)12-13(7-3,8-4)11-14/h5H,1,6-12,14H2,2-4H3. The molecule has 90 valence electrons. The van der Waals surface area contributed by atoms with Gasteiger partial charge in [-0.05, 0) is 37.8 Å². The summed E-state index contributed by atoms with van der Waals surface area (Å²) < 4.78 is 0. The molecule has 2 N–H and O–H groups in total. The van der Waals surface area contributed by atoms with E-state index >= 15 is 0 Å². The van der Waals surface area contributed by atoms with Crippen molar-refractivity contribution < 1.29 is 0 Å². The SMILES string of the molecule is C=CCN(CCC)CC(CC)(CC)CN. The van der Waals surface area contributed by atoms with Crippen LogP contribution >= 0.6 is 0 Å². The third-order valence-corrected chi connectivity index (χ3v) is 3.42. The first kappa shape index (κ1) is 14.7. The van der Waals surface area contributed by atoms with Gasteiger partial charge in [0, 0.05) is 13.1 Å². The Bertz CT molecular complexity index is 154.